The van der Waals surface area contributed by atoms with Crippen molar-refractivity contribution in [2.75, 3.05) is 0 Å². The van der Waals surface area contributed by atoms with Crippen molar-refractivity contribution in [3.05, 3.63) is 23.8 Å². The summed E-state index contributed by atoms with van der Waals surface area (Å²) >= 11 is 0. The summed E-state index contributed by atoms with van der Waals surface area (Å²) in [4.78, 5) is 12.1. The van der Waals surface area contributed by atoms with Gasteiger partial charge in [0.05, 0.1) is 5.60 Å². The van der Waals surface area contributed by atoms with Crippen molar-refractivity contribution in [1.82, 2.24) is 0 Å². The summed E-state index contributed by atoms with van der Waals surface area (Å²) in [6.45, 7) is 9.93. The molecule has 94 valence electrons. The number of carbonyl (C=O) groups excluding carboxylic acids is 1. The quantitative estimate of drug-likeness (QED) is 0.708. The molecule has 0 heterocycles. The summed E-state index contributed by atoms with van der Waals surface area (Å²) in [5, 5.41) is 10.9. The number of allylic oxidation sites excluding steroid dienone is 2. The summed E-state index contributed by atoms with van der Waals surface area (Å²) in [7, 11) is 0. The lowest BCUT2D eigenvalue weighted by Gasteiger charge is -2.48. The normalized spacial score (nSPS) is 41.8. The molecule has 1 saturated carbocycles. The maximum absolute atomic E-state index is 12.1. The lowest BCUT2D eigenvalue weighted by molar-refractivity contribution is -0.127. The molecule has 0 aromatic rings. The van der Waals surface area contributed by atoms with E-state index in [2.05, 4.69) is 13.5 Å². The summed E-state index contributed by atoms with van der Waals surface area (Å²) < 4.78 is 0. The van der Waals surface area contributed by atoms with Crippen LogP contribution in [0.3, 0.4) is 0 Å². The molecule has 2 aliphatic rings. The average molecular weight is 234 g/mol. The molecular weight excluding hydrogens is 212 g/mol. The molecule has 0 saturated heterocycles. The smallest absolute Gasteiger partial charge is 0.163 e. The first-order valence-electron chi connectivity index (χ1n) is 6.46. The van der Waals surface area contributed by atoms with Crippen LogP contribution in [0.1, 0.15) is 40.0 Å². The van der Waals surface area contributed by atoms with Crippen LogP contribution in [0, 0.1) is 17.8 Å². The highest BCUT2D eigenvalue weighted by molar-refractivity contribution is 5.96. The van der Waals surface area contributed by atoms with E-state index in [1.807, 2.05) is 13.8 Å². The average Bonchev–Trinajstić information content (AvgIpc) is 2.21. The zero-order valence-corrected chi connectivity index (χ0v) is 11.0. The largest absolute Gasteiger partial charge is 0.385 e. The van der Waals surface area contributed by atoms with E-state index in [-0.39, 0.29) is 17.6 Å². The third kappa shape index (κ3) is 1.89. The molecule has 2 nitrogen and oxygen atoms in total. The summed E-state index contributed by atoms with van der Waals surface area (Å²) in [6, 6.07) is 0. The molecule has 4 atom stereocenters. The predicted molar refractivity (Wildman–Crippen MR) is 68.5 cm³/mol. The Labute approximate surface area is 103 Å². The van der Waals surface area contributed by atoms with Crippen molar-refractivity contribution < 1.29 is 9.90 Å². The molecule has 0 unspecified atom stereocenters. The molecule has 0 bridgehead atoms. The Morgan fingerprint density at radius 1 is 1.59 bits per heavy atom. The highest BCUT2D eigenvalue weighted by atomic mass is 16.3. The SMILES string of the molecule is C=C(C)[C@@H]1C(=O)C=C(C)[C@@]2(O)CC[C@H](C)C[C@@H]12. The van der Waals surface area contributed by atoms with Gasteiger partial charge in [-0.25, -0.2) is 0 Å². The van der Waals surface area contributed by atoms with Gasteiger partial charge >= 0.3 is 0 Å². The fourth-order valence-electron chi connectivity index (χ4n) is 3.51. The Balaban J connectivity index is 2.45. The highest BCUT2D eigenvalue weighted by Crippen LogP contribution is 2.49. The minimum atomic E-state index is -0.774. The van der Waals surface area contributed by atoms with Gasteiger partial charge in [-0.15, -0.1) is 0 Å². The van der Waals surface area contributed by atoms with E-state index >= 15 is 0 Å². The summed E-state index contributed by atoms with van der Waals surface area (Å²) in [5.74, 6) is 0.548. The molecule has 0 aromatic heterocycles. The molecule has 0 amide bonds. The van der Waals surface area contributed by atoms with Crippen LogP contribution in [-0.4, -0.2) is 16.5 Å². The Kier molecular flexibility index (Phi) is 3.03. The second-order valence-electron chi connectivity index (χ2n) is 5.96. The first kappa shape index (κ1) is 12.6. The Morgan fingerprint density at radius 2 is 2.24 bits per heavy atom. The zero-order valence-electron chi connectivity index (χ0n) is 11.0. The molecule has 2 aliphatic carbocycles. The fourth-order valence-corrected chi connectivity index (χ4v) is 3.51. The second-order valence-corrected chi connectivity index (χ2v) is 5.96. The van der Waals surface area contributed by atoms with Crippen molar-refractivity contribution in [3.8, 4) is 0 Å². The van der Waals surface area contributed by atoms with Crippen molar-refractivity contribution in [3.63, 3.8) is 0 Å². The maximum Gasteiger partial charge on any atom is 0.163 e. The van der Waals surface area contributed by atoms with Crippen LogP contribution in [0.5, 0.6) is 0 Å². The van der Waals surface area contributed by atoms with E-state index in [4.69, 9.17) is 0 Å². The van der Waals surface area contributed by atoms with Gasteiger partial charge in [-0.3, -0.25) is 4.79 Å². The first-order valence-corrected chi connectivity index (χ1v) is 6.46. The van der Waals surface area contributed by atoms with E-state index in [1.54, 1.807) is 6.08 Å². The standard InChI is InChI=1S/C15H22O2/c1-9(2)14-12-7-10(3)5-6-15(12,17)11(4)8-13(14)16/h8,10,12,14,17H,1,5-7H2,2-4H3/t10-,12-,14-,15-/m0/s1. The van der Waals surface area contributed by atoms with Crippen LogP contribution in [0.2, 0.25) is 0 Å². The van der Waals surface area contributed by atoms with Gasteiger partial charge in [0.2, 0.25) is 0 Å². The van der Waals surface area contributed by atoms with Crippen molar-refractivity contribution >= 4 is 5.78 Å². The van der Waals surface area contributed by atoms with Gasteiger partial charge in [0.1, 0.15) is 0 Å². The van der Waals surface area contributed by atoms with Gasteiger partial charge in [-0.2, -0.15) is 0 Å². The summed E-state index contributed by atoms with van der Waals surface area (Å²) in [6.07, 6.45) is 4.37. The van der Waals surface area contributed by atoms with E-state index in [1.165, 1.54) is 0 Å². The maximum atomic E-state index is 12.1. The van der Waals surface area contributed by atoms with Crippen LogP contribution in [0.15, 0.2) is 23.8 Å². The lowest BCUT2D eigenvalue weighted by Crippen LogP contribution is -2.51. The minimum Gasteiger partial charge on any atom is -0.385 e. The van der Waals surface area contributed by atoms with Crippen LogP contribution >= 0.6 is 0 Å². The number of rotatable bonds is 1. The van der Waals surface area contributed by atoms with Crippen LogP contribution in [0.4, 0.5) is 0 Å². The van der Waals surface area contributed by atoms with Crippen LogP contribution in [-0.2, 0) is 4.79 Å². The van der Waals surface area contributed by atoms with E-state index in [0.717, 1.165) is 30.4 Å². The van der Waals surface area contributed by atoms with Gasteiger partial charge in [0.15, 0.2) is 5.78 Å². The second kappa shape index (κ2) is 4.09. The van der Waals surface area contributed by atoms with Gasteiger partial charge in [0, 0.05) is 11.8 Å². The number of fused-ring (bicyclic) bond motifs is 1. The number of hydrogen-bond donors (Lipinski definition) is 1. The molecule has 0 aromatic carbocycles. The topological polar surface area (TPSA) is 37.3 Å². The molecule has 2 heteroatoms. The minimum absolute atomic E-state index is 0.0289. The molecule has 2 rings (SSSR count). The molecule has 1 N–H and O–H groups in total. The number of ketones is 1. The van der Waals surface area contributed by atoms with E-state index < -0.39 is 5.60 Å². The van der Waals surface area contributed by atoms with Gasteiger partial charge < -0.3 is 5.11 Å². The Morgan fingerprint density at radius 3 is 2.82 bits per heavy atom. The van der Waals surface area contributed by atoms with E-state index in [9.17, 15) is 9.90 Å². The molecular formula is C15H22O2. The van der Waals surface area contributed by atoms with Gasteiger partial charge in [-0.05, 0) is 50.7 Å². The highest BCUT2D eigenvalue weighted by Gasteiger charge is 2.50. The third-order valence-electron chi connectivity index (χ3n) is 4.57. The lowest BCUT2D eigenvalue weighted by atomic mass is 9.59. The monoisotopic (exact) mass is 234 g/mol. The molecule has 0 aliphatic heterocycles. The number of carbonyl (C=O) groups is 1. The van der Waals surface area contributed by atoms with E-state index in [0.29, 0.717) is 5.92 Å². The third-order valence-corrected chi connectivity index (χ3v) is 4.57. The molecule has 17 heavy (non-hydrogen) atoms. The Hall–Kier alpha value is -0.890. The first-order chi connectivity index (χ1) is 7.86. The molecule has 0 radical (unpaired) electrons. The molecule has 1 fully saturated rings. The molecule has 0 spiro atoms. The van der Waals surface area contributed by atoms with Gasteiger partial charge in [0.25, 0.3) is 0 Å². The van der Waals surface area contributed by atoms with Crippen molar-refractivity contribution in [2.24, 2.45) is 17.8 Å². The van der Waals surface area contributed by atoms with Gasteiger partial charge in [-0.1, -0.05) is 19.1 Å². The number of hydrogen-bond acceptors (Lipinski definition) is 2. The van der Waals surface area contributed by atoms with Crippen LogP contribution in [0.25, 0.3) is 0 Å². The predicted octanol–water partition coefficient (Wildman–Crippen LogP) is 2.88. The Bertz CT molecular complexity index is 394. The zero-order chi connectivity index (χ0) is 12.8. The van der Waals surface area contributed by atoms with Crippen molar-refractivity contribution in [1.29, 1.82) is 0 Å². The fraction of sp³-hybridized carbons (Fsp3) is 0.667. The number of aliphatic hydroxyl groups is 1. The summed E-state index contributed by atoms with van der Waals surface area (Å²) in [5.41, 5.74) is 0.956. The van der Waals surface area contributed by atoms with Crippen molar-refractivity contribution in [2.45, 2.75) is 45.6 Å². The van der Waals surface area contributed by atoms with Crippen LogP contribution < -0.4 is 0 Å².